The van der Waals surface area contributed by atoms with Crippen LogP contribution in [0.2, 0.25) is 0 Å². The van der Waals surface area contributed by atoms with Crippen LogP contribution in [-0.2, 0) is 21.4 Å². The van der Waals surface area contributed by atoms with Gasteiger partial charge in [0.25, 0.3) is 5.91 Å². The van der Waals surface area contributed by atoms with Gasteiger partial charge in [0, 0.05) is 17.2 Å². The lowest BCUT2D eigenvalue weighted by Crippen LogP contribution is -2.39. The Bertz CT molecular complexity index is 1150. The topological polar surface area (TPSA) is 91.7 Å². The van der Waals surface area contributed by atoms with Crippen LogP contribution < -0.4 is 5.43 Å². The maximum Gasteiger partial charge on any atom is 0.255 e. The number of pyridine rings is 1. The van der Waals surface area contributed by atoms with E-state index in [2.05, 4.69) is 31.4 Å². The van der Waals surface area contributed by atoms with Gasteiger partial charge in [-0.05, 0) is 48.9 Å². The first-order chi connectivity index (χ1) is 14.8. The van der Waals surface area contributed by atoms with Crippen LogP contribution in [0.25, 0.3) is 0 Å². The zero-order chi connectivity index (χ0) is 22.3. The first-order valence-electron chi connectivity index (χ1n) is 9.39. The molecule has 0 fully saturated rings. The number of aryl methyl sites for hydroxylation is 1. The number of sulfonamides is 1. The van der Waals surface area contributed by atoms with Crippen molar-refractivity contribution in [3.8, 4) is 0 Å². The summed E-state index contributed by atoms with van der Waals surface area (Å²) in [5.41, 5.74) is 4.77. The predicted molar refractivity (Wildman–Crippen MR) is 123 cm³/mol. The predicted octanol–water partition coefficient (Wildman–Crippen LogP) is 3.49. The lowest BCUT2D eigenvalue weighted by Gasteiger charge is -2.21. The van der Waals surface area contributed by atoms with Gasteiger partial charge in [-0.1, -0.05) is 51.8 Å². The van der Waals surface area contributed by atoms with Gasteiger partial charge < -0.3 is 0 Å². The lowest BCUT2D eigenvalue weighted by molar-refractivity contribution is -0.121. The Morgan fingerprint density at radius 2 is 1.81 bits per heavy atom. The van der Waals surface area contributed by atoms with Gasteiger partial charge >= 0.3 is 0 Å². The Kier molecular flexibility index (Phi) is 7.67. The summed E-state index contributed by atoms with van der Waals surface area (Å²) in [6, 6.07) is 19.1. The summed E-state index contributed by atoms with van der Waals surface area (Å²) in [5.74, 6) is -0.556. The second kappa shape index (κ2) is 10.4. The van der Waals surface area contributed by atoms with Crippen molar-refractivity contribution in [2.24, 2.45) is 5.10 Å². The van der Waals surface area contributed by atoms with Crippen molar-refractivity contribution < 1.29 is 13.2 Å². The normalized spacial score (nSPS) is 11.7. The first kappa shape index (κ1) is 22.8. The molecular weight excluding hydrogens is 480 g/mol. The third-order valence-corrected chi connectivity index (χ3v) is 6.66. The molecule has 31 heavy (non-hydrogen) atoms. The number of benzene rings is 2. The molecule has 1 heterocycles. The van der Waals surface area contributed by atoms with E-state index >= 15 is 0 Å². The number of carbonyl (C=O) groups is 1. The molecule has 0 unspecified atom stereocenters. The highest BCUT2D eigenvalue weighted by molar-refractivity contribution is 9.10. The van der Waals surface area contributed by atoms with Crippen LogP contribution in [0.5, 0.6) is 0 Å². The molecule has 0 saturated carbocycles. The summed E-state index contributed by atoms with van der Waals surface area (Å²) in [7, 11) is -3.91. The monoisotopic (exact) mass is 500 g/mol. The molecule has 2 aromatic carbocycles. The standard InChI is InChI=1S/C22H21BrN4O3S/c1-17-5-7-18(8-6-17)15-27(31(29,30)21-11-9-19(23)10-12-21)16-22(28)26-25-14-20-4-2-3-13-24-20/h2-14H,15-16H2,1H3,(H,26,28)/b25-14-. The molecule has 160 valence electrons. The zero-order valence-electron chi connectivity index (χ0n) is 16.8. The molecule has 0 bridgehead atoms. The van der Waals surface area contributed by atoms with Crippen molar-refractivity contribution >= 4 is 38.1 Å². The Hall–Kier alpha value is -2.88. The molecule has 0 radical (unpaired) electrons. The van der Waals surface area contributed by atoms with E-state index in [1.165, 1.54) is 18.3 Å². The molecule has 3 rings (SSSR count). The minimum absolute atomic E-state index is 0.0516. The van der Waals surface area contributed by atoms with Crippen molar-refractivity contribution in [3.05, 3.63) is 94.2 Å². The Morgan fingerprint density at radius 1 is 1.10 bits per heavy atom. The van der Waals surface area contributed by atoms with Gasteiger partial charge in [-0.15, -0.1) is 0 Å². The van der Waals surface area contributed by atoms with Gasteiger partial charge in [0.15, 0.2) is 0 Å². The van der Waals surface area contributed by atoms with Crippen LogP contribution in [0, 0.1) is 6.92 Å². The van der Waals surface area contributed by atoms with Crippen molar-refractivity contribution in [3.63, 3.8) is 0 Å². The quantitative estimate of drug-likeness (QED) is 0.378. The Labute approximate surface area is 190 Å². The Balaban J connectivity index is 1.79. The maximum absolute atomic E-state index is 13.2. The van der Waals surface area contributed by atoms with Gasteiger partial charge in [0.1, 0.15) is 0 Å². The van der Waals surface area contributed by atoms with Gasteiger partial charge in [-0.3, -0.25) is 9.78 Å². The van der Waals surface area contributed by atoms with E-state index < -0.39 is 15.9 Å². The van der Waals surface area contributed by atoms with Crippen molar-refractivity contribution in [1.82, 2.24) is 14.7 Å². The molecule has 0 aliphatic carbocycles. The third-order valence-electron chi connectivity index (χ3n) is 4.32. The van der Waals surface area contributed by atoms with Gasteiger partial charge in [0.2, 0.25) is 10.0 Å². The largest absolute Gasteiger partial charge is 0.272 e. The number of halogens is 1. The number of carbonyl (C=O) groups excluding carboxylic acids is 1. The number of nitrogens with one attached hydrogen (secondary N) is 1. The summed E-state index contributed by atoms with van der Waals surface area (Å²) in [4.78, 5) is 16.6. The van der Waals surface area contributed by atoms with Crippen molar-refractivity contribution in [2.45, 2.75) is 18.4 Å². The number of hydrazone groups is 1. The van der Waals surface area contributed by atoms with E-state index in [9.17, 15) is 13.2 Å². The molecule has 3 aromatic rings. The second-order valence-corrected chi connectivity index (χ2v) is 9.61. The average Bonchev–Trinajstić information content (AvgIpc) is 2.76. The van der Waals surface area contributed by atoms with E-state index in [-0.39, 0.29) is 18.0 Å². The van der Waals surface area contributed by atoms with Crippen molar-refractivity contribution in [1.29, 1.82) is 0 Å². The molecule has 7 nitrogen and oxygen atoms in total. The number of hydrogen-bond donors (Lipinski definition) is 1. The Morgan fingerprint density at radius 3 is 2.45 bits per heavy atom. The molecule has 0 aliphatic rings. The smallest absolute Gasteiger partial charge is 0.255 e. The van der Waals surface area contributed by atoms with E-state index in [0.29, 0.717) is 5.69 Å². The highest BCUT2D eigenvalue weighted by atomic mass is 79.9. The van der Waals surface area contributed by atoms with Crippen LogP contribution in [0.3, 0.4) is 0 Å². The summed E-state index contributed by atoms with van der Waals surface area (Å²) in [6.07, 6.45) is 3.00. The number of nitrogens with zero attached hydrogens (tertiary/aromatic N) is 3. The molecule has 0 aliphatic heterocycles. The summed E-state index contributed by atoms with van der Waals surface area (Å²) in [5, 5.41) is 3.86. The van der Waals surface area contributed by atoms with Crippen LogP contribution in [0.1, 0.15) is 16.8 Å². The lowest BCUT2D eigenvalue weighted by atomic mass is 10.1. The summed E-state index contributed by atoms with van der Waals surface area (Å²) >= 11 is 3.30. The van der Waals surface area contributed by atoms with Gasteiger partial charge in [-0.25, -0.2) is 13.8 Å². The summed E-state index contributed by atoms with van der Waals surface area (Å²) in [6.45, 7) is 1.62. The average molecular weight is 501 g/mol. The fourth-order valence-corrected chi connectivity index (χ4v) is 4.35. The SMILES string of the molecule is Cc1ccc(CN(CC(=O)N/N=C\c2ccccn2)S(=O)(=O)c2ccc(Br)cc2)cc1. The van der Waals surface area contributed by atoms with E-state index in [1.807, 2.05) is 31.2 Å². The highest BCUT2D eigenvalue weighted by Gasteiger charge is 2.27. The molecular formula is C22H21BrN4O3S. The van der Waals surface area contributed by atoms with E-state index in [0.717, 1.165) is 19.9 Å². The van der Waals surface area contributed by atoms with Crippen LogP contribution in [-0.4, -0.2) is 36.4 Å². The zero-order valence-corrected chi connectivity index (χ0v) is 19.2. The summed E-state index contributed by atoms with van der Waals surface area (Å²) < 4.78 is 28.3. The molecule has 9 heteroatoms. The molecule has 1 amide bonds. The minimum atomic E-state index is -3.91. The van der Waals surface area contributed by atoms with Crippen LogP contribution >= 0.6 is 15.9 Å². The minimum Gasteiger partial charge on any atom is -0.272 e. The van der Waals surface area contributed by atoms with Crippen LogP contribution in [0.15, 0.2) is 87.4 Å². The second-order valence-electron chi connectivity index (χ2n) is 6.76. The molecule has 0 spiro atoms. The molecule has 1 aromatic heterocycles. The fraction of sp³-hybridized carbons (Fsp3) is 0.136. The number of aromatic nitrogens is 1. The molecule has 1 N–H and O–H groups in total. The molecule has 0 saturated heterocycles. The van der Waals surface area contributed by atoms with Gasteiger partial charge in [0.05, 0.1) is 23.3 Å². The van der Waals surface area contributed by atoms with Gasteiger partial charge in [-0.2, -0.15) is 9.41 Å². The highest BCUT2D eigenvalue weighted by Crippen LogP contribution is 2.21. The molecule has 0 atom stereocenters. The fourth-order valence-electron chi connectivity index (χ4n) is 2.70. The third kappa shape index (κ3) is 6.55. The van der Waals surface area contributed by atoms with E-state index in [1.54, 1.807) is 36.5 Å². The number of rotatable bonds is 8. The first-order valence-corrected chi connectivity index (χ1v) is 11.6. The number of hydrogen-bond acceptors (Lipinski definition) is 5. The maximum atomic E-state index is 13.2. The van der Waals surface area contributed by atoms with E-state index in [4.69, 9.17) is 0 Å². The van der Waals surface area contributed by atoms with Crippen LogP contribution in [0.4, 0.5) is 0 Å². The number of amides is 1. The van der Waals surface area contributed by atoms with Crippen molar-refractivity contribution in [2.75, 3.05) is 6.54 Å².